The van der Waals surface area contributed by atoms with Gasteiger partial charge >= 0.3 is 0 Å². The third-order valence-electron chi connectivity index (χ3n) is 4.88. The van der Waals surface area contributed by atoms with Crippen molar-refractivity contribution in [3.63, 3.8) is 0 Å². The lowest BCUT2D eigenvalue weighted by Gasteiger charge is -2.37. The highest BCUT2D eigenvalue weighted by atomic mass is 35.5. The van der Waals surface area contributed by atoms with E-state index in [1.54, 1.807) is 0 Å². The first kappa shape index (κ1) is 19.0. The molecule has 140 valence electrons. The summed E-state index contributed by atoms with van der Waals surface area (Å²) in [6.07, 6.45) is -0.492. The van der Waals surface area contributed by atoms with Crippen molar-refractivity contribution in [1.29, 1.82) is 0 Å². The number of ether oxygens (including phenoxy) is 1. The van der Waals surface area contributed by atoms with E-state index in [1.807, 2.05) is 43.3 Å². The van der Waals surface area contributed by atoms with Crippen molar-refractivity contribution < 1.29 is 9.84 Å². The number of β-amino-alcohol motifs (C(OH)–C–C–N with tert-alkyl or cyclic N) is 1. The first-order chi connectivity index (χ1) is 12.5. The Bertz CT molecular complexity index is 730. The first-order valence-electron chi connectivity index (χ1n) is 9.13. The van der Waals surface area contributed by atoms with E-state index in [-0.39, 0.29) is 0 Å². The smallest absolute Gasteiger partial charge is 0.122 e. The minimum Gasteiger partial charge on any atom is -0.491 e. The van der Waals surface area contributed by atoms with Crippen LogP contribution in [0.15, 0.2) is 42.5 Å². The summed E-state index contributed by atoms with van der Waals surface area (Å²) in [6.45, 7) is 8.80. The molecule has 4 nitrogen and oxygen atoms in total. The van der Waals surface area contributed by atoms with Crippen LogP contribution in [-0.2, 0) is 0 Å². The maximum absolute atomic E-state index is 10.3. The Balaban J connectivity index is 1.46. The number of rotatable bonds is 6. The Kier molecular flexibility index (Phi) is 6.41. The van der Waals surface area contributed by atoms with Gasteiger partial charge in [0, 0.05) is 43.4 Å². The highest BCUT2D eigenvalue weighted by Crippen LogP contribution is 2.25. The predicted octanol–water partition coefficient (Wildman–Crippen LogP) is 3.52. The molecule has 0 bridgehead atoms. The average molecular weight is 375 g/mol. The second kappa shape index (κ2) is 8.76. The summed E-state index contributed by atoms with van der Waals surface area (Å²) in [5, 5.41) is 11.1. The van der Waals surface area contributed by atoms with Crippen LogP contribution in [-0.4, -0.2) is 55.4 Å². The number of aliphatic hydroxyl groups excluding tert-OH is 1. The highest BCUT2D eigenvalue weighted by molar-refractivity contribution is 6.30. The maximum atomic E-state index is 10.3. The van der Waals surface area contributed by atoms with E-state index in [4.69, 9.17) is 16.3 Å². The van der Waals surface area contributed by atoms with Gasteiger partial charge in [0.25, 0.3) is 0 Å². The molecule has 1 atom stereocenters. The summed E-state index contributed by atoms with van der Waals surface area (Å²) in [6, 6.07) is 13.9. The van der Waals surface area contributed by atoms with Gasteiger partial charge in [-0.05, 0) is 43.2 Å². The van der Waals surface area contributed by atoms with Crippen LogP contribution >= 0.6 is 11.6 Å². The Morgan fingerprint density at radius 1 is 1.04 bits per heavy atom. The van der Waals surface area contributed by atoms with E-state index in [0.717, 1.165) is 42.5 Å². The Labute approximate surface area is 160 Å². The zero-order valence-electron chi connectivity index (χ0n) is 15.5. The van der Waals surface area contributed by atoms with Crippen molar-refractivity contribution in [2.45, 2.75) is 20.0 Å². The monoisotopic (exact) mass is 374 g/mol. The molecule has 0 aliphatic carbocycles. The molecular formula is C21H27ClN2O2. The van der Waals surface area contributed by atoms with Crippen molar-refractivity contribution in [2.75, 3.05) is 44.2 Å². The molecule has 2 aromatic rings. The minimum absolute atomic E-state index is 0.318. The average Bonchev–Trinajstić information content (AvgIpc) is 2.64. The van der Waals surface area contributed by atoms with Gasteiger partial charge < -0.3 is 14.7 Å². The Hall–Kier alpha value is -1.75. The van der Waals surface area contributed by atoms with Crippen molar-refractivity contribution in [3.8, 4) is 5.75 Å². The molecule has 0 radical (unpaired) electrons. The van der Waals surface area contributed by atoms with E-state index in [0.29, 0.717) is 13.2 Å². The van der Waals surface area contributed by atoms with Crippen LogP contribution in [0.4, 0.5) is 5.69 Å². The van der Waals surface area contributed by atoms with Crippen molar-refractivity contribution in [2.24, 2.45) is 0 Å². The van der Waals surface area contributed by atoms with E-state index < -0.39 is 6.10 Å². The molecule has 0 unspecified atom stereocenters. The quantitative estimate of drug-likeness (QED) is 0.839. The molecule has 5 heteroatoms. The van der Waals surface area contributed by atoms with Crippen LogP contribution < -0.4 is 9.64 Å². The summed E-state index contributed by atoms with van der Waals surface area (Å²) in [4.78, 5) is 4.66. The van der Waals surface area contributed by atoms with Gasteiger partial charge in [-0.1, -0.05) is 35.9 Å². The summed E-state index contributed by atoms with van der Waals surface area (Å²) in [7, 11) is 0. The van der Waals surface area contributed by atoms with Crippen LogP contribution in [0.3, 0.4) is 0 Å². The lowest BCUT2D eigenvalue weighted by molar-refractivity contribution is 0.0661. The molecule has 26 heavy (non-hydrogen) atoms. The molecule has 1 aliphatic rings. The molecule has 1 fully saturated rings. The minimum atomic E-state index is -0.492. The molecule has 2 aromatic carbocycles. The van der Waals surface area contributed by atoms with Gasteiger partial charge in [-0.2, -0.15) is 0 Å². The van der Waals surface area contributed by atoms with Gasteiger partial charge in [-0.3, -0.25) is 4.90 Å². The molecule has 0 saturated carbocycles. The lowest BCUT2D eigenvalue weighted by Crippen LogP contribution is -2.49. The molecule has 0 aromatic heterocycles. The second-order valence-corrected chi connectivity index (χ2v) is 7.39. The first-order valence-corrected chi connectivity index (χ1v) is 9.50. The van der Waals surface area contributed by atoms with Crippen molar-refractivity contribution in [1.82, 2.24) is 4.90 Å². The molecule has 1 aliphatic heterocycles. The van der Waals surface area contributed by atoms with E-state index >= 15 is 0 Å². The largest absolute Gasteiger partial charge is 0.491 e. The number of hydrogen-bond acceptors (Lipinski definition) is 4. The molecule has 1 heterocycles. The van der Waals surface area contributed by atoms with E-state index in [2.05, 4.69) is 22.8 Å². The zero-order chi connectivity index (χ0) is 18.5. The fraction of sp³-hybridized carbons (Fsp3) is 0.429. The van der Waals surface area contributed by atoms with Crippen molar-refractivity contribution >= 4 is 17.3 Å². The topological polar surface area (TPSA) is 35.9 Å². The van der Waals surface area contributed by atoms with Gasteiger partial charge in [0.2, 0.25) is 0 Å². The number of para-hydroxylation sites is 1. The summed E-state index contributed by atoms with van der Waals surface area (Å²) in [5.41, 5.74) is 3.54. The second-order valence-electron chi connectivity index (χ2n) is 6.95. The molecular weight excluding hydrogens is 348 g/mol. The third-order valence-corrected chi connectivity index (χ3v) is 5.11. The Morgan fingerprint density at radius 2 is 1.77 bits per heavy atom. The number of aliphatic hydroxyl groups is 1. The SMILES string of the molecule is Cc1ccccc1OC[C@H](O)CN1CCN(c2cc(Cl)ccc2C)CC1. The number of anilines is 1. The summed E-state index contributed by atoms with van der Waals surface area (Å²) in [5.74, 6) is 0.841. The van der Waals surface area contributed by atoms with Gasteiger partial charge in [0.15, 0.2) is 0 Å². The van der Waals surface area contributed by atoms with Crippen LogP contribution in [0.5, 0.6) is 5.75 Å². The summed E-state index contributed by atoms with van der Waals surface area (Å²) >= 11 is 6.15. The van der Waals surface area contributed by atoms with Crippen LogP contribution in [0.2, 0.25) is 5.02 Å². The number of aryl methyl sites for hydroxylation is 2. The molecule has 0 amide bonds. The standard InChI is InChI=1S/C21H27ClN2O2/c1-16-7-8-18(22)13-20(16)24-11-9-23(10-12-24)14-19(25)15-26-21-6-4-3-5-17(21)2/h3-8,13,19,25H,9-12,14-15H2,1-2H3/t19-/m1/s1. The van der Waals surface area contributed by atoms with Gasteiger partial charge in [0.1, 0.15) is 18.5 Å². The van der Waals surface area contributed by atoms with Gasteiger partial charge in [-0.25, -0.2) is 0 Å². The number of nitrogens with zero attached hydrogens (tertiary/aromatic N) is 2. The number of benzene rings is 2. The Morgan fingerprint density at radius 3 is 2.50 bits per heavy atom. The molecule has 1 N–H and O–H groups in total. The molecule has 3 rings (SSSR count). The highest BCUT2D eigenvalue weighted by Gasteiger charge is 2.21. The van der Waals surface area contributed by atoms with Gasteiger partial charge in [0.05, 0.1) is 0 Å². The fourth-order valence-corrected chi connectivity index (χ4v) is 3.52. The van der Waals surface area contributed by atoms with Gasteiger partial charge in [-0.15, -0.1) is 0 Å². The zero-order valence-corrected chi connectivity index (χ0v) is 16.2. The van der Waals surface area contributed by atoms with Crippen molar-refractivity contribution in [3.05, 3.63) is 58.6 Å². The maximum Gasteiger partial charge on any atom is 0.122 e. The molecule has 1 saturated heterocycles. The predicted molar refractivity (Wildman–Crippen MR) is 108 cm³/mol. The number of piperazine rings is 1. The number of hydrogen-bond donors (Lipinski definition) is 1. The van der Waals surface area contributed by atoms with E-state index in [1.165, 1.54) is 11.3 Å². The third kappa shape index (κ3) is 4.91. The van der Waals surface area contributed by atoms with Crippen LogP contribution in [0.25, 0.3) is 0 Å². The van der Waals surface area contributed by atoms with E-state index in [9.17, 15) is 5.11 Å². The van der Waals surface area contributed by atoms with Crippen LogP contribution in [0.1, 0.15) is 11.1 Å². The number of halogens is 1. The lowest BCUT2D eigenvalue weighted by atomic mass is 10.1. The fourth-order valence-electron chi connectivity index (χ4n) is 3.35. The van der Waals surface area contributed by atoms with Crippen LogP contribution in [0, 0.1) is 13.8 Å². The summed E-state index contributed by atoms with van der Waals surface area (Å²) < 4.78 is 5.76. The molecule has 0 spiro atoms. The normalized spacial score (nSPS) is 16.5.